The summed E-state index contributed by atoms with van der Waals surface area (Å²) < 4.78 is 12.5. The van der Waals surface area contributed by atoms with Crippen LogP contribution in [0.5, 0.6) is 11.5 Å². The van der Waals surface area contributed by atoms with Crippen LogP contribution in [0.3, 0.4) is 0 Å². The van der Waals surface area contributed by atoms with Crippen molar-refractivity contribution in [1.29, 1.82) is 0 Å². The van der Waals surface area contributed by atoms with E-state index in [0.29, 0.717) is 18.0 Å². The van der Waals surface area contributed by atoms with Gasteiger partial charge < -0.3 is 20.5 Å². The zero-order chi connectivity index (χ0) is 19.4. The zero-order valence-electron chi connectivity index (χ0n) is 16.2. The lowest BCUT2D eigenvalue weighted by molar-refractivity contribution is -0.121. The van der Waals surface area contributed by atoms with Crippen molar-refractivity contribution in [2.45, 2.75) is 45.2 Å². The van der Waals surface area contributed by atoms with Crippen LogP contribution >= 0.6 is 0 Å². The molecule has 1 heterocycles. The van der Waals surface area contributed by atoms with Gasteiger partial charge >= 0.3 is 0 Å². The monoisotopic (exact) mass is 372 g/mol. The molecule has 0 aliphatic heterocycles. The van der Waals surface area contributed by atoms with Crippen LogP contribution in [0, 0.1) is 12.8 Å². The fourth-order valence-electron chi connectivity index (χ4n) is 3.60. The maximum atomic E-state index is 12.7. The third-order valence-corrected chi connectivity index (χ3v) is 5.13. The first-order valence-corrected chi connectivity index (χ1v) is 9.31. The minimum Gasteiger partial charge on any atom is -0.493 e. The van der Waals surface area contributed by atoms with E-state index in [4.69, 9.17) is 15.2 Å². The summed E-state index contributed by atoms with van der Waals surface area (Å²) in [7, 11) is 3.22. The highest BCUT2D eigenvalue weighted by atomic mass is 16.5. The molecule has 146 valence electrons. The number of nitrogens with two attached hydrogens (primary N) is 1. The minimum atomic E-state index is -0.0300. The van der Waals surface area contributed by atoms with Crippen LogP contribution in [-0.2, 0) is 11.3 Å². The molecule has 1 saturated carbocycles. The fourth-order valence-corrected chi connectivity index (χ4v) is 3.60. The van der Waals surface area contributed by atoms with E-state index in [9.17, 15) is 4.79 Å². The van der Waals surface area contributed by atoms with E-state index < -0.39 is 0 Å². The first kappa shape index (κ1) is 19.2. The van der Waals surface area contributed by atoms with Gasteiger partial charge in [0.15, 0.2) is 11.5 Å². The van der Waals surface area contributed by atoms with Crippen LogP contribution in [0.2, 0.25) is 0 Å². The summed E-state index contributed by atoms with van der Waals surface area (Å²) in [5, 5.41) is 7.50. The van der Waals surface area contributed by atoms with Crippen LogP contribution < -0.4 is 20.5 Å². The van der Waals surface area contributed by atoms with Gasteiger partial charge in [-0.3, -0.25) is 4.79 Å². The lowest BCUT2D eigenvalue weighted by Gasteiger charge is -2.25. The normalized spacial score (nSPS) is 19.6. The molecule has 1 aromatic carbocycles. The average molecular weight is 372 g/mol. The Kier molecular flexibility index (Phi) is 6.01. The van der Waals surface area contributed by atoms with Crippen LogP contribution in [0.25, 0.3) is 0 Å². The van der Waals surface area contributed by atoms with E-state index in [-0.39, 0.29) is 17.9 Å². The summed E-state index contributed by atoms with van der Waals surface area (Å²) >= 11 is 0. The number of hydrogen-bond donors (Lipinski definition) is 2. The molecule has 1 aromatic heterocycles. The Labute approximate surface area is 159 Å². The highest BCUT2D eigenvalue weighted by Gasteiger charge is 2.26. The lowest BCUT2D eigenvalue weighted by atomic mass is 9.85. The summed E-state index contributed by atoms with van der Waals surface area (Å²) in [6, 6.07) is 5.87. The van der Waals surface area contributed by atoms with Crippen LogP contribution in [0.1, 0.15) is 36.8 Å². The molecule has 3 rings (SSSR count). The SMILES string of the molecule is COc1ccc(Cn2ncc(C)c2NC(=O)C2CCCC(N)C2)cc1OC. The average Bonchev–Trinajstić information content (AvgIpc) is 3.01. The number of amides is 1. The second-order valence-corrected chi connectivity index (χ2v) is 7.14. The number of ether oxygens (including phenoxy) is 2. The Morgan fingerprint density at radius 3 is 2.78 bits per heavy atom. The van der Waals surface area contributed by atoms with Crippen molar-refractivity contribution in [3.63, 3.8) is 0 Å². The summed E-state index contributed by atoms with van der Waals surface area (Å²) in [4.78, 5) is 12.7. The number of aryl methyl sites for hydroxylation is 1. The summed E-state index contributed by atoms with van der Waals surface area (Å²) in [6.07, 6.45) is 5.41. The van der Waals surface area contributed by atoms with Gasteiger partial charge in [0, 0.05) is 17.5 Å². The molecule has 3 N–H and O–H groups in total. The predicted molar refractivity (Wildman–Crippen MR) is 104 cm³/mol. The number of carbonyl (C=O) groups excluding carboxylic acids is 1. The summed E-state index contributed by atoms with van der Waals surface area (Å²) in [5.41, 5.74) is 7.97. The number of nitrogens with zero attached hydrogens (tertiary/aromatic N) is 2. The molecule has 27 heavy (non-hydrogen) atoms. The molecule has 1 fully saturated rings. The molecule has 2 atom stereocenters. The highest BCUT2D eigenvalue weighted by Crippen LogP contribution is 2.29. The van der Waals surface area contributed by atoms with Gasteiger partial charge in [-0.15, -0.1) is 0 Å². The Bertz CT molecular complexity index is 803. The molecule has 7 nitrogen and oxygen atoms in total. The molecule has 0 saturated heterocycles. The quantitative estimate of drug-likeness (QED) is 0.813. The van der Waals surface area contributed by atoms with E-state index in [1.165, 1.54) is 0 Å². The van der Waals surface area contributed by atoms with Gasteiger partial charge in [0.05, 0.1) is 27.0 Å². The number of rotatable bonds is 6. The number of hydrogen-bond acceptors (Lipinski definition) is 5. The van der Waals surface area contributed by atoms with Gasteiger partial charge in [0.2, 0.25) is 5.91 Å². The minimum absolute atomic E-state index is 0.0299. The maximum absolute atomic E-state index is 12.7. The van der Waals surface area contributed by atoms with Crippen molar-refractivity contribution in [3.8, 4) is 11.5 Å². The molecule has 0 spiro atoms. The van der Waals surface area contributed by atoms with Gasteiger partial charge in [-0.2, -0.15) is 5.10 Å². The van der Waals surface area contributed by atoms with E-state index in [1.807, 2.05) is 25.1 Å². The van der Waals surface area contributed by atoms with E-state index >= 15 is 0 Å². The maximum Gasteiger partial charge on any atom is 0.228 e. The largest absolute Gasteiger partial charge is 0.493 e. The molecule has 1 aliphatic carbocycles. The standard InChI is InChI=1S/C20H28N4O3/c1-13-11-22-24(12-14-7-8-17(26-2)18(9-14)27-3)19(13)23-20(25)15-5-4-6-16(21)10-15/h7-9,11,15-16H,4-6,10,12,21H2,1-3H3,(H,23,25). The number of aromatic nitrogens is 2. The Morgan fingerprint density at radius 1 is 1.30 bits per heavy atom. The van der Waals surface area contributed by atoms with Gasteiger partial charge in [-0.1, -0.05) is 12.5 Å². The Morgan fingerprint density at radius 2 is 2.07 bits per heavy atom. The Balaban J connectivity index is 1.75. The number of anilines is 1. The van der Waals surface area contributed by atoms with Gasteiger partial charge in [0.1, 0.15) is 5.82 Å². The lowest BCUT2D eigenvalue weighted by Crippen LogP contribution is -2.34. The van der Waals surface area contributed by atoms with Crippen LogP contribution in [-0.4, -0.2) is 35.9 Å². The van der Waals surface area contributed by atoms with Crippen molar-refractivity contribution in [3.05, 3.63) is 35.5 Å². The Hall–Kier alpha value is -2.54. The molecule has 7 heteroatoms. The number of benzene rings is 1. The van der Waals surface area contributed by atoms with Crippen LogP contribution in [0.4, 0.5) is 5.82 Å². The van der Waals surface area contributed by atoms with Crippen molar-refractivity contribution in [2.24, 2.45) is 11.7 Å². The van der Waals surface area contributed by atoms with Crippen molar-refractivity contribution in [2.75, 3.05) is 19.5 Å². The fraction of sp³-hybridized carbons (Fsp3) is 0.500. The second kappa shape index (κ2) is 8.43. The third-order valence-electron chi connectivity index (χ3n) is 5.13. The topological polar surface area (TPSA) is 91.4 Å². The molecule has 2 unspecified atom stereocenters. The van der Waals surface area contributed by atoms with Gasteiger partial charge in [0.25, 0.3) is 0 Å². The van der Waals surface area contributed by atoms with E-state index in [1.54, 1.807) is 25.1 Å². The predicted octanol–water partition coefficient (Wildman–Crippen LogP) is 2.71. The van der Waals surface area contributed by atoms with Gasteiger partial charge in [-0.05, 0) is 43.9 Å². The molecule has 0 radical (unpaired) electrons. The van der Waals surface area contributed by atoms with Gasteiger partial charge in [-0.25, -0.2) is 4.68 Å². The molecule has 1 amide bonds. The molecule has 0 bridgehead atoms. The molecule has 2 aromatic rings. The third kappa shape index (κ3) is 4.42. The van der Waals surface area contributed by atoms with Crippen LogP contribution in [0.15, 0.2) is 24.4 Å². The molecular formula is C20H28N4O3. The summed E-state index contributed by atoms with van der Waals surface area (Å²) in [5.74, 6) is 2.08. The highest BCUT2D eigenvalue weighted by molar-refractivity contribution is 5.92. The smallest absolute Gasteiger partial charge is 0.228 e. The number of methoxy groups -OCH3 is 2. The summed E-state index contributed by atoms with van der Waals surface area (Å²) in [6.45, 7) is 2.47. The van der Waals surface area contributed by atoms with Crippen molar-refractivity contribution < 1.29 is 14.3 Å². The zero-order valence-corrected chi connectivity index (χ0v) is 16.2. The van der Waals surface area contributed by atoms with Crippen molar-refractivity contribution in [1.82, 2.24) is 9.78 Å². The first-order chi connectivity index (χ1) is 13.0. The number of nitrogens with one attached hydrogen (secondary N) is 1. The molecular weight excluding hydrogens is 344 g/mol. The molecule has 1 aliphatic rings. The van der Waals surface area contributed by atoms with Crippen molar-refractivity contribution >= 4 is 11.7 Å². The first-order valence-electron chi connectivity index (χ1n) is 9.31. The second-order valence-electron chi connectivity index (χ2n) is 7.14. The van der Waals surface area contributed by atoms with E-state index in [2.05, 4.69) is 10.4 Å². The van der Waals surface area contributed by atoms with E-state index in [0.717, 1.165) is 42.6 Å². The number of carbonyl (C=O) groups is 1.